The first-order valence-corrected chi connectivity index (χ1v) is 8.62. The molecule has 1 aromatic carbocycles. The number of nitrogens with two attached hydrogens (primary N) is 1. The molecule has 23 heavy (non-hydrogen) atoms. The molecule has 0 saturated carbocycles. The van der Waals surface area contributed by atoms with E-state index in [0.717, 1.165) is 56.4 Å². The van der Waals surface area contributed by atoms with Crippen molar-refractivity contribution in [3.8, 4) is 0 Å². The summed E-state index contributed by atoms with van der Waals surface area (Å²) in [6, 6.07) is 7.70. The maximum absolute atomic E-state index is 12.4. The molecule has 0 atom stereocenters. The van der Waals surface area contributed by atoms with Gasteiger partial charge in [-0.05, 0) is 43.4 Å². The molecule has 0 unspecified atom stereocenters. The number of benzene rings is 1. The highest BCUT2D eigenvalue weighted by Crippen LogP contribution is 2.14. The van der Waals surface area contributed by atoms with E-state index in [0.29, 0.717) is 12.5 Å². The van der Waals surface area contributed by atoms with Gasteiger partial charge < -0.3 is 16.0 Å². The number of aliphatic imine (C=N–C) groups is 1. The molecule has 1 heterocycles. The van der Waals surface area contributed by atoms with Gasteiger partial charge in [0.2, 0.25) is 0 Å². The fourth-order valence-corrected chi connectivity index (χ4v) is 2.66. The van der Waals surface area contributed by atoms with E-state index < -0.39 is 0 Å². The molecular formula is C18H28N4O. The summed E-state index contributed by atoms with van der Waals surface area (Å²) in [4.78, 5) is 18.7. The van der Waals surface area contributed by atoms with Crippen LogP contribution in [0.5, 0.6) is 0 Å². The van der Waals surface area contributed by atoms with Gasteiger partial charge in [-0.1, -0.05) is 25.5 Å². The van der Waals surface area contributed by atoms with Crippen LogP contribution in [0.4, 0.5) is 0 Å². The van der Waals surface area contributed by atoms with E-state index in [9.17, 15) is 4.79 Å². The molecule has 3 N–H and O–H groups in total. The van der Waals surface area contributed by atoms with E-state index in [1.807, 2.05) is 29.2 Å². The first kappa shape index (κ1) is 17.3. The molecule has 0 spiro atoms. The van der Waals surface area contributed by atoms with Crippen molar-refractivity contribution in [2.24, 2.45) is 10.7 Å². The number of hydrogen-bond donors (Lipinski definition) is 2. The zero-order valence-electron chi connectivity index (χ0n) is 14.1. The molecule has 1 aliphatic heterocycles. The lowest BCUT2D eigenvalue weighted by Crippen LogP contribution is -2.35. The first-order chi connectivity index (χ1) is 11.2. The topological polar surface area (TPSA) is 70.7 Å². The van der Waals surface area contributed by atoms with Gasteiger partial charge in [-0.2, -0.15) is 0 Å². The Kier molecular flexibility index (Phi) is 6.91. The zero-order chi connectivity index (χ0) is 16.5. The summed E-state index contributed by atoms with van der Waals surface area (Å²) >= 11 is 0. The summed E-state index contributed by atoms with van der Waals surface area (Å²) < 4.78 is 0. The summed E-state index contributed by atoms with van der Waals surface area (Å²) in [5.41, 5.74) is 7.63. The van der Waals surface area contributed by atoms with Gasteiger partial charge >= 0.3 is 0 Å². The molecule has 2 rings (SSSR count). The smallest absolute Gasteiger partial charge is 0.253 e. The van der Waals surface area contributed by atoms with Gasteiger partial charge in [-0.3, -0.25) is 4.79 Å². The molecule has 0 aliphatic carbocycles. The van der Waals surface area contributed by atoms with Crippen LogP contribution in [0.2, 0.25) is 0 Å². The van der Waals surface area contributed by atoms with Crippen LogP contribution in [0.25, 0.3) is 0 Å². The quantitative estimate of drug-likeness (QED) is 0.481. The van der Waals surface area contributed by atoms with E-state index in [4.69, 9.17) is 5.73 Å². The molecule has 1 fully saturated rings. The Hall–Kier alpha value is -2.04. The summed E-state index contributed by atoms with van der Waals surface area (Å²) in [5, 5.41) is 3.09. The average molecular weight is 316 g/mol. The highest BCUT2D eigenvalue weighted by atomic mass is 16.2. The van der Waals surface area contributed by atoms with Gasteiger partial charge in [0, 0.05) is 25.2 Å². The Bertz CT molecular complexity index is 518. The molecule has 1 saturated heterocycles. The summed E-state index contributed by atoms with van der Waals surface area (Å²) in [7, 11) is 0. The van der Waals surface area contributed by atoms with Gasteiger partial charge in [-0.25, -0.2) is 4.99 Å². The number of nitrogens with one attached hydrogen (secondary N) is 1. The summed E-state index contributed by atoms with van der Waals surface area (Å²) in [6.45, 7) is 5.29. The predicted octanol–water partition coefficient (Wildman–Crippen LogP) is 2.52. The Labute approximate surface area is 139 Å². The number of piperidine rings is 1. The number of unbranched alkanes of at least 4 members (excludes halogenated alkanes) is 1. The van der Waals surface area contributed by atoms with Crippen molar-refractivity contribution in [1.82, 2.24) is 10.2 Å². The Morgan fingerprint density at radius 1 is 1.22 bits per heavy atom. The summed E-state index contributed by atoms with van der Waals surface area (Å²) in [5.74, 6) is 0.618. The van der Waals surface area contributed by atoms with Crippen molar-refractivity contribution in [2.45, 2.75) is 45.6 Å². The lowest BCUT2D eigenvalue weighted by molar-refractivity contribution is 0.0724. The van der Waals surface area contributed by atoms with Crippen LogP contribution in [0.15, 0.2) is 29.3 Å². The maximum Gasteiger partial charge on any atom is 0.253 e. The second-order valence-electron chi connectivity index (χ2n) is 6.03. The number of carbonyl (C=O) groups excluding carboxylic acids is 1. The number of hydrogen-bond acceptors (Lipinski definition) is 2. The van der Waals surface area contributed by atoms with Crippen molar-refractivity contribution in [2.75, 3.05) is 19.6 Å². The third-order valence-electron chi connectivity index (χ3n) is 4.11. The molecule has 5 heteroatoms. The van der Waals surface area contributed by atoms with Gasteiger partial charge in [0.05, 0.1) is 6.54 Å². The summed E-state index contributed by atoms with van der Waals surface area (Å²) in [6.07, 6.45) is 5.68. The lowest BCUT2D eigenvalue weighted by Gasteiger charge is -2.26. The minimum atomic E-state index is 0.139. The van der Waals surface area contributed by atoms with E-state index in [-0.39, 0.29) is 5.91 Å². The predicted molar refractivity (Wildman–Crippen MR) is 94.4 cm³/mol. The number of guanidine groups is 1. The molecule has 1 aliphatic rings. The molecular weight excluding hydrogens is 288 g/mol. The molecule has 0 bridgehead atoms. The highest BCUT2D eigenvalue weighted by molar-refractivity contribution is 5.94. The molecule has 5 nitrogen and oxygen atoms in total. The lowest BCUT2D eigenvalue weighted by atomic mass is 10.1. The van der Waals surface area contributed by atoms with E-state index in [1.165, 1.54) is 6.42 Å². The number of rotatable bonds is 6. The SMILES string of the molecule is CCCCNC(N)=NCc1ccc(C(=O)N2CCCCC2)cc1. The Morgan fingerprint density at radius 3 is 2.57 bits per heavy atom. The number of amides is 1. The maximum atomic E-state index is 12.4. The van der Waals surface area contributed by atoms with Crippen LogP contribution in [-0.2, 0) is 6.54 Å². The third-order valence-corrected chi connectivity index (χ3v) is 4.11. The largest absolute Gasteiger partial charge is 0.370 e. The van der Waals surface area contributed by atoms with Crippen LogP contribution in [0.3, 0.4) is 0 Å². The normalized spacial score (nSPS) is 15.5. The third kappa shape index (κ3) is 5.58. The van der Waals surface area contributed by atoms with Gasteiger partial charge in [0.15, 0.2) is 5.96 Å². The molecule has 0 aromatic heterocycles. The fraction of sp³-hybridized carbons (Fsp3) is 0.556. The van der Waals surface area contributed by atoms with Crippen molar-refractivity contribution in [1.29, 1.82) is 0 Å². The van der Waals surface area contributed by atoms with E-state index >= 15 is 0 Å². The second-order valence-corrected chi connectivity index (χ2v) is 6.03. The highest BCUT2D eigenvalue weighted by Gasteiger charge is 2.17. The average Bonchev–Trinajstić information content (AvgIpc) is 2.61. The van der Waals surface area contributed by atoms with Crippen molar-refractivity contribution in [3.63, 3.8) is 0 Å². The van der Waals surface area contributed by atoms with E-state index in [2.05, 4.69) is 17.2 Å². The van der Waals surface area contributed by atoms with Crippen molar-refractivity contribution < 1.29 is 4.79 Å². The van der Waals surface area contributed by atoms with Gasteiger partial charge in [0.1, 0.15) is 0 Å². The monoisotopic (exact) mass is 316 g/mol. The standard InChI is InChI=1S/C18H28N4O/c1-2-3-11-20-18(19)21-14-15-7-9-16(10-8-15)17(23)22-12-5-4-6-13-22/h7-10H,2-6,11-14H2,1H3,(H3,19,20,21). The fourth-order valence-electron chi connectivity index (χ4n) is 2.66. The minimum Gasteiger partial charge on any atom is -0.370 e. The van der Waals surface area contributed by atoms with Crippen LogP contribution in [0, 0.1) is 0 Å². The molecule has 0 radical (unpaired) electrons. The Morgan fingerprint density at radius 2 is 1.91 bits per heavy atom. The van der Waals surface area contributed by atoms with Crippen LogP contribution in [0.1, 0.15) is 54.9 Å². The van der Waals surface area contributed by atoms with Crippen molar-refractivity contribution in [3.05, 3.63) is 35.4 Å². The first-order valence-electron chi connectivity index (χ1n) is 8.62. The van der Waals surface area contributed by atoms with Gasteiger partial charge in [0.25, 0.3) is 5.91 Å². The Balaban J connectivity index is 1.86. The van der Waals surface area contributed by atoms with Gasteiger partial charge in [-0.15, -0.1) is 0 Å². The molecule has 126 valence electrons. The van der Waals surface area contributed by atoms with E-state index in [1.54, 1.807) is 0 Å². The zero-order valence-corrected chi connectivity index (χ0v) is 14.1. The van der Waals surface area contributed by atoms with Crippen LogP contribution < -0.4 is 11.1 Å². The van der Waals surface area contributed by atoms with Crippen LogP contribution in [-0.4, -0.2) is 36.4 Å². The number of likely N-dealkylation sites (tertiary alicyclic amines) is 1. The van der Waals surface area contributed by atoms with Crippen LogP contribution >= 0.6 is 0 Å². The number of nitrogens with zero attached hydrogens (tertiary/aromatic N) is 2. The number of carbonyl (C=O) groups is 1. The minimum absolute atomic E-state index is 0.139. The molecule has 1 amide bonds. The van der Waals surface area contributed by atoms with Crippen molar-refractivity contribution >= 4 is 11.9 Å². The molecule has 1 aromatic rings. The second kappa shape index (κ2) is 9.18.